The Morgan fingerprint density at radius 1 is 0.472 bits per heavy atom. The Bertz CT molecular complexity index is 2150. The maximum Gasteiger partial charge on any atom is 4.00 e. The van der Waals surface area contributed by atoms with Gasteiger partial charge in [0.2, 0.25) is 0 Å². The molecule has 53 heavy (non-hydrogen) atoms. The van der Waals surface area contributed by atoms with Crippen LogP contribution in [0.5, 0.6) is 0 Å². The minimum atomic E-state index is 0. The molecule has 2 heterocycles. The van der Waals surface area contributed by atoms with Crippen molar-refractivity contribution in [2.75, 3.05) is 0 Å². The summed E-state index contributed by atoms with van der Waals surface area (Å²) in [5.41, 5.74) is 10.8. The molecule has 0 N–H and O–H groups in total. The molecule has 0 atom stereocenters. The Morgan fingerprint density at radius 3 is 1.21 bits per heavy atom. The molecular formula is C48H46Cl2S2Zr. The second kappa shape index (κ2) is 20.0. The molecule has 0 aliphatic carbocycles. The van der Waals surface area contributed by atoms with Gasteiger partial charge < -0.3 is 24.8 Å². The zero-order chi connectivity index (χ0) is 34.5. The molecule has 0 unspecified atom stereocenters. The van der Waals surface area contributed by atoms with Crippen molar-refractivity contribution in [1.82, 2.24) is 0 Å². The zero-order valence-corrected chi connectivity index (χ0v) is 36.6. The summed E-state index contributed by atoms with van der Waals surface area (Å²) >= 11 is 3.82. The van der Waals surface area contributed by atoms with Gasteiger partial charge in [-0.3, -0.25) is 0 Å². The van der Waals surface area contributed by atoms with Crippen LogP contribution in [0.15, 0.2) is 133 Å². The van der Waals surface area contributed by atoms with Gasteiger partial charge in [-0.05, 0) is 67.4 Å². The van der Waals surface area contributed by atoms with Crippen LogP contribution in [0.1, 0.15) is 61.4 Å². The quantitative estimate of drug-likeness (QED) is 0.121. The third-order valence-electron chi connectivity index (χ3n) is 9.70. The van der Waals surface area contributed by atoms with Gasteiger partial charge in [0.05, 0.1) is 0 Å². The van der Waals surface area contributed by atoms with Crippen LogP contribution >= 0.6 is 22.7 Å². The van der Waals surface area contributed by atoms with E-state index in [4.69, 9.17) is 0 Å². The number of thiophene rings is 2. The SMILES string of the molecule is CCCc1ccc(-c2cccc3[cH-]c(-c4ccc(CC)s4)cc23)cc1.CCCc1ccc(-c2cccc3[cH-]c(-c4ccc(CC)s4)cc23)cc1.[Cl-].[Cl-].[Zr+4]. The van der Waals surface area contributed by atoms with E-state index in [1.54, 1.807) is 0 Å². The molecule has 0 aliphatic heterocycles. The van der Waals surface area contributed by atoms with Crippen LogP contribution in [-0.4, -0.2) is 0 Å². The number of aryl methyl sites for hydroxylation is 4. The van der Waals surface area contributed by atoms with E-state index in [9.17, 15) is 0 Å². The molecular weight excluding hydrogens is 803 g/mol. The van der Waals surface area contributed by atoms with Gasteiger partial charge in [0.15, 0.2) is 0 Å². The van der Waals surface area contributed by atoms with Gasteiger partial charge in [0.25, 0.3) is 0 Å². The van der Waals surface area contributed by atoms with E-state index in [0.717, 1.165) is 25.7 Å². The predicted molar refractivity (Wildman–Crippen MR) is 223 cm³/mol. The van der Waals surface area contributed by atoms with E-state index in [1.807, 2.05) is 22.7 Å². The van der Waals surface area contributed by atoms with Gasteiger partial charge in [0.1, 0.15) is 0 Å². The number of hydrogen-bond donors (Lipinski definition) is 0. The summed E-state index contributed by atoms with van der Waals surface area (Å²) in [5.74, 6) is 0. The van der Waals surface area contributed by atoms with Crippen LogP contribution < -0.4 is 24.8 Å². The number of halogens is 2. The molecule has 0 aliphatic rings. The molecule has 8 aromatic rings. The monoisotopic (exact) mass is 846 g/mol. The number of rotatable bonds is 10. The van der Waals surface area contributed by atoms with Crippen LogP contribution in [0.25, 0.3) is 64.7 Å². The molecule has 0 amide bonds. The standard InChI is InChI=1S/2C24H23S.2ClH.Zr/c2*1-3-6-17-9-11-18(12-10-17)22-8-5-7-19-15-20(16-23(19)22)24-14-13-21(4-2)25-24;;;/h2*5,7-16H,3-4,6H2,1-2H3;2*1H;/q2*-1;;;+4/p-2. The average Bonchev–Trinajstić information content (AvgIpc) is 3.98. The van der Waals surface area contributed by atoms with Gasteiger partial charge in [-0.2, -0.15) is 22.7 Å². The van der Waals surface area contributed by atoms with Crippen molar-refractivity contribution < 1.29 is 51.0 Å². The van der Waals surface area contributed by atoms with Crippen molar-refractivity contribution >= 4 is 44.2 Å². The molecule has 8 rings (SSSR count). The van der Waals surface area contributed by atoms with Crippen LogP contribution in [0, 0.1) is 0 Å². The fourth-order valence-electron chi connectivity index (χ4n) is 6.98. The first-order chi connectivity index (χ1) is 24.6. The number of benzene rings is 4. The minimum Gasteiger partial charge on any atom is -1.00 e. The Hall–Kier alpha value is -3.04. The first kappa shape index (κ1) is 42.7. The summed E-state index contributed by atoms with van der Waals surface area (Å²) in [6.45, 7) is 8.90. The van der Waals surface area contributed by atoms with Crippen molar-refractivity contribution in [2.45, 2.75) is 66.2 Å². The topological polar surface area (TPSA) is 0 Å². The molecule has 0 spiro atoms. The second-order valence-electron chi connectivity index (χ2n) is 13.2. The summed E-state index contributed by atoms with van der Waals surface area (Å²) in [7, 11) is 0. The van der Waals surface area contributed by atoms with Gasteiger partial charge >= 0.3 is 26.2 Å². The van der Waals surface area contributed by atoms with E-state index in [1.165, 1.54) is 98.4 Å². The van der Waals surface area contributed by atoms with Gasteiger partial charge in [-0.25, -0.2) is 0 Å². The first-order valence-corrected chi connectivity index (χ1v) is 20.0. The fraction of sp³-hybridized carbons (Fsp3) is 0.208. The molecule has 0 saturated carbocycles. The van der Waals surface area contributed by atoms with Crippen LogP contribution in [-0.2, 0) is 51.9 Å². The Labute approximate surface area is 356 Å². The largest absolute Gasteiger partial charge is 4.00 e. The van der Waals surface area contributed by atoms with E-state index in [2.05, 4.69) is 161 Å². The Balaban J connectivity index is 0.000000224. The Kier molecular flexibility index (Phi) is 16.1. The molecule has 2 aromatic heterocycles. The number of fused-ring (bicyclic) bond motifs is 2. The summed E-state index contributed by atoms with van der Waals surface area (Å²) in [5, 5.41) is 5.37. The molecule has 6 aromatic carbocycles. The van der Waals surface area contributed by atoms with E-state index in [-0.39, 0.29) is 51.0 Å². The summed E-state index contributed by atoms with van der Waals surface area (Å²) in [6, 6.07) is 49.9. The smallest absolute Gasteiger partial charge is 1.00 e. The maximum atomic E-state index is 2.36. The molecule has 5 heteroatoms. The van der Waals surface area contributed by atoms with Crippen LogP contribution in [0.3, 0.4) is 0 Å². The van der Waals surface area contributed by atoms with Crippen molar-refractivity contribution in [1.29, 1.82) is 0 Å². The first-order valence-electron chi connectivity index (χ1n) is 18.3. The molecule has 0 fully saturated rings. The van der Waals surface area contributed by atoms with Crippen molar-refractivity contribution in [2.24, 2.45) is 0 Å². The molecule has 0 saturated heterocycles. The van der Waals surface area contributed by atoms with Gasteiger partial charge in [0, 0.05) is 0 Å². The summed E-state index contributed by atoms with van der Waals surface area (Å²) in [6.07, 6.45) is 6.93. The van der Waals surface area contributed by atoms with E-state index in [0.29, 0.717) is 0 Å². The third kappa shape index (κ3) is 9.80. The normalized spacial score (nSPS) is 10.6. The van der Waals surface area contributed by atoms with Crippen molar-refractivity contribution in [3.63, 3.8) is 0 Å². The molecule has 268 valence electrons. The molecule has 0 nitrogen and oxygen atoms in total. The zero-order valence-electron chi connectivity index (χ0n) is 31.0. The van der Waals surface area contributed by atoms with Gasteiger partial charge in [-0.15, -0.1) is 69.1 Å². The van der Waals surface area contributed by atoms with Crippen molar-refractivity contribution in [3.05, 3.63) is 154 Å². The summed E-state index contributed by atoms with van der Waals surface area (Å²) < 4.78 is 0. The van der Waals surface area contributed by atoms with Crippen LogP contribution in [0.4, 0.5) is 0 Å². The molecule has 0 bridgehead atoms. The van der Waals surface area contributed by atoms with Gasteiger partial charge in [-0.1, -0.05) is 149 Å². The van der Waals surface area contributed by atoms with E-state index >= 15 is 0 Å². The average molecular weight is 849 g/mol. The second-order valence-corrected chi connectivity index (χ2v) is 15.6. The number of hydrogen-bond acceptors (Lipinski definition) is 2. The predicted octanol–water partition coefficient (Wildman–Crippen LogP) is 8.94. The maximum absolute atomic E-state index is 2.36. The van der Waals surface area contributed by atoms with Crippen LogP contribution in [0.2, 0.25) is 0 Å². The summed E-state index contributed by atoms with van der Waals surface area (Å²) in [4.78, 5) is 5.65. The fourth-order valence-corrected chi connectivity index (χ4v) is 8.85. The molecule has 0 radical (unpaired) electrons. The van der Waals surface area contributed by atoms with Crippen molar-refractivity contribution in [3.8, 4) is 43.1 Å². The van der Waals surface area contributed by atoms with E-state index < -0.39 is 0 Å². The Morgan fingerprint density at radius 2 is 0.868 bits per heavy atom. The third-order valence-corrected chi connectivity index (χ3v) is 12.3. The minimum absolute atomic E-state index is 0.